The molecule has 85 heavy (non-hydrogen) atoms. The predicted molar refractivity (Wildman–Crippen MR) is 334 cm³/mol. The van der Waals surface area contributed by atoms with Gasteiger partial charge in [0.05, 0.1) is 12.1 Å². The Morgan fingerprint density at radius 1 is 0.235 bits per heavy atom. The number of nitrogens with two attached hydrogens (primary N) is 10. The predicted octanol–water partition coefficient (Wildman–Crippen LogP) is -1.89. The highest BCUT2D eigenvalue weighted by atomic mass is 16.2. The summed E-state index contributed by atoms with van der Waals surface area (Å²) < 4.78 is 0. The molecule has 27 nitrogen and oxygen atoms in total. The number of unbranched alkanes of at least 4 members (excludes halogenated alkanes) is 13. The summed E-state index contributed by atoms with van der Waals surface area (Å²) in [6.45, 7) is 3.47. The van der Waals surface area contributed by atoms with Crippen molar-refractivity contribution in [2.75, 3.05) is 58.9 Å². The van der Waals surface area contributed by atoms with E-state index in [0.29, 0.717) is 206 Å². The molecule has 0 aliphatic rings. The van der Waals surface area contributed by atoms with Crippen LogP contribution in [0.15, 0.2) is 0 Å². The van der Waals surface area contributed by atoms with E-state index in [1.807, 2.05) is 0 Å². The zero-order chi connectivity index (χ0) is 63.5. The molecule has 0 aliphatic heterocycles. The van der Waals surface area contributed by atoms with Crippen LogP contribution in [0.2, 0.25) is 0 Å². The average Bonchev–Trinajstić information content (AvgIpc) is 3.66. The molecule has 0 aromatic carbocycles. The van der Waals surface area contributed by atoms with Crippen LogP contribution in [0, 0.1) is 0 Å². The van der Waals surface area contributed by atoms with Crippen molar-refractivity contribution >= 4 is 53.5 Å². The third kappa shape index (κ3) is 38.7. The van der Waals surface area contributed by atoms with Crippen LogP contribution < -0.4 is 99.9 Å². The number of hydrogen-bond donors (Lipinski definition) is 18. The van der Waals surface area contributed by atoms with Crippen LogP contribution in [-0.4, -0.2) is 167 Å². The number of carbonyl (C=O) groups is 9. The monoisotopic (exact) mass is 1210 g/mol. The number of rotatable bonds is 57. The molecular weight excluding hydrogens is 1090 g/mol. The van der Waals surface area contributed by atoms with Crippen LogP contribution in [0.5, 0.6) is 0 Å². The molecule has 0 radical (unpaired) electrons. The van der Waals surface area contributed by atoms with Crippen molar-refractivity contribution in [1.29, 1.82) is 0 Å². The molecule has 0 rings (SSSR count). The minimum absolute atomic E-state index is 0.0990. The van der Waals surface area contributed by atoms with Crippen LogP contribution in [0.4, 0.5) is 0 Å². The molecule has 0 bridgehead atoms. The summed E-state index contributed by atoms with van der Waals surface area (Å²) in [5.41, 5.74) is 58.2. The van der Waals surface area contributed by atoms with E-state index < -0.39 is 102 Å². The number of hydrogen-bond acceptors (Lipinski definition) is 19. The Balaban J connectivity index is 6.99. The van der Waals surface area contributed by atoms with Gasteiger partial charge in [-0.25, -0.2) is 0 Å². The smallest absolute Gasteiger partial charge is 0.243 e. The Morgan fingerprint density at radius 2 is 0.412 bits per heavy atom. The van der Waals surface area contributed by atoms with Gasteiger partial charge in [-0.2, -0.15) is 0 Å². The minimum atomic E-state index is -1.23. The molecule has 0 aromatic heterocycles. The average molecular weight is 1210 g/mol. The number of nitrogens with one attached hydrogen (secondary N) is 8. The first kappa shape index (κ1) is 80.0. The van der Waals surface area contributed by atoms with Crippen molar-refractivity contribution in [3.8, 4) is 0 Å². The fraction of sp³-hybridized carbons (Fsp3) is 0.845. The normalized spacial score (nSPS) is 14.5. The lowest BCUT2D eigenvalue weighted by Crippen LogP contribution is -2.60. The summed E-state index contributed by atoms with van der Waals surface area (Å²) in [7, 11) is 0. The lowest BCUT2D eigenvalue weighted by Gasteiger charge is -2.28. The number of carbonyl (C=O) groups excluding carboxylic acids is 9. The number of amides is 8. The summed E-state index contributed by atoms with van der Waals surface area (Å²) in [6, 6.07) is -9.71. The highest BCUT2D eigenvalue weighted by Gasteiger charge is 2.35. The highest BCUT2D eigenvalue weighted by molar-refractivity contribution is 5.98. The van der Waals surface area contributed by atoms with E-state index in [9.17, 15) is 43.2 Å². The van der Waals surface area contributed by atoms with Gasteiger partial charge < -0.3 is 105 Å². The quantitative estimate of drug-likeness (QED) is 0.0234. The zero-order valence-electron chi connectivity index (χ0n) is 51.5. The maximum atomic E-state index is 14.6. The fourth-order valence-electron chi connectivity index (χ4n) is 9.56. The van der Waals surface area contributed by atoms with E-state index in [0.717, 1.165) is 12.8 Å². The summed E-state index contributed by atoms with van der Waals surface area (Å²) in [4.78, 5) is 125. The molecule has 8 amide bonds. The second kappa shape index (κ2) is 53.3. The van der Waals surface area contributed by atoms with Crippen LogP contribution in [-0.2, 0) is 43.2 Å². The van der Waals surface area contributed by atoms with Crippen molar-refractivity contribution in [1.82, 2.24) is 42.5 Å². The van der Waals surface area contributed by atoms with Gasteiger partial charge in [0.1, 0.15) is 48.6 Å². The van der Waals surface area contributed by atoms with E-state index >= 15 is 0 Å². The van der Waals surface area contributed by atoms with Gasteiger partial charge >= 0.3 is 0 Å². The third-order valence-corrected chi connectivity index (χ3v) is 14.8. The van der Waals surface area contributed by atoms with Gasteiger partial charge in [0.15, 0.2) is 0 Å². The van der Waals surface area contributed by atoms with Gasteiger partial charge in [-0.05, 0) is 207 Å². The topological polar surface area (TPSA) is 510 Å². The standard InChI is InChI=1S/C58H118N18O9/c59-32-14-1-5-24-43(68)51(78)70-45(26-7-3-16-34-61)53(80)73-47(28-10-19-37-64)56(83)75-49(30-12-21-39-66)58(85)76-50(31-13-22-40-67)57(84)74-48(29-11-20-38-65)55(82)72-46(27-8-4-17-35-62)54(81)71-44(25-6-2-15-33-60)52(79)69-42(41-77)23-9-18-36-63/h41-50H,1-40,59-68H2,(H,69,79)(H,70,78)(H,71,81)(H,72,82)(H,73,80)(H,74,84)(H,75,83)(H,76,85)/t42-,43-,44-,45-,46-,47-,48-,49-,50-/m0/s1. The summed E-state index contributed by atoms with van der Waals surface area (Å²) in [5, 5.41) is 22.6. The van der Waals surface area contributed by atoms with Gasteiger partial charge in [-0.3, -0.25) is 38.4 Å². The Morgan fingerprint density at radius 3 is 0.635 bits per heavy atom. The first-order chi connectivity index (χ1) is 41.0. The molecule has 494 valence electrons. The van der Waals surface area contributed by atoms with Crippen molar-refractivity contribution < 1.29 is 43.2 Å². The van der Waals surface area contributed by atoms with Crippen LogP contribution in [0.1, 0.15) is 199 Å². The summed E-state index contributed by atoms with van der Waals surface area (Å²) in [6.07, 6.45) is 15.5. The number of aldehydes is 1. The van der Waals surface area contributed by atoms with Crippen LogP contribution in [0.25, 0.3) is 0 Å². The molecule has 0 saturated carbocycles. The van der Waals surface area contributed by atoms with Gasteiger partial charge in [0.25, 0.3) is 0 Å². The van der Waals surface area contributed by atoms with E-state index in [2.05, 4.69) is 42.5 Å². The largest absolute Gasteiger partial charge is 0.345 e. The van der Waals surface area contributed by atoms with E-state index in [1.54, 1.807) is 0 Å². The van der Waals surface area contributed by atoms with Gasteiger partial charge in [0.2, 0.25) is 47.3 Å². The minimum Gasteiger partial charge on any atom is -0.345 e. The SMILES string of the molecule is NCCCCC[C@H](NC(=O)[C@H](CCCCCN)NC(=O)[C@H](CCCCN)NC(=O)[C@H](CCCCN)NC(=O)[C@H](CCCCN)NC(=O)[C@H](CCCCN)NC(=O)[C@H](CCCCCN)NC(=O)[C@@H](N)CCCCCN)C(=O)N[C@H](C=O)CCCCN. The highest BCUT2D eigenvalue weighted by Crippen LogP contribution is 2.14. The van der Waals surface area contributed by atoms with Crippen molar-refractivity contribution in [2.45, 2.75) is 253 Å². The molecule has 0 unspecified atom stereocenters. The van der Waals surface area contributed by atoms with E-state index in [1.165, 1.54) is 0 Å². The van der Waals surface area contributed by atoms with Crippen LogP contribution in [0.3, 0.4) is 0 Å². The lowest BCUT2D eigenvalue weighted by molar-refractivity contribution is -0.136. The lowest BCUT2D eigenvalue weighted by atomic mass is 10.0. The summed E-state index contributed by atoms with van der Waals surface area (Å²) >= 11 is 0. The first-order valence-electron chi connectivity index (χ1n) is 32.0. The molecule has 0 aliphatic carbocycles. The van der Waals surface area contributed by atoms with E-state index in [4.69, 9.17) is 57.3 Å². The maximum Gasteiger partial charge on any atom is 0.243 e. The molecule has 27 heteroatoms. The maximum absolute atomic E-state index is 14.6. The molecular formula is C58H118N18O9. The summed E-state index contributed by atoms with van der Waals surface area (Å²) in [5.74, 6) is -5.06. The second-order valence-corrected chi connectivity index (χ2v) is 22.3. The zero-order valence-corrected chi connectivity index (χ0v) is 51.5. The Labute approximate surface area is 507 Å². The first-order valence-corrected chi connectivity index (χ1v) is 32.0. The second-order valence-electron chi connectivity index (χ2n) is 22.3. The van der Waals surface area contributed by atoms with Crippen molar-refractivity contribution in [3.05, 3.63) is 0 Å². The van der Waals surface area contributed by atoms with E-state index in [-0.39, 0.29) is 44.9 Å². The molecule has 0 fully saturated rings. The Kier molecular flexibility index (Phi) is 50.2. The van der Waals surface area contributed by atoms with Crippen LogP contribution >= 0.6 is 0 Å². The Bertz CT molecular complexity index is 1830. The molecule has 0 heterocycles. The molecule has 0 spiro atoms. The fourth-order valence-corrected chi connectivity index (χ4v) is 9.56. The van der Waals surface area contributed by atoms with Crippen molar-refractivity contribution in [2.24, 2.45) is 57.3 Å². The molecule has 0 saturated heterocycles. The molecule has 0 aromatic rings. The van der Waals surface area contributed by atoms with Gasteiger partial charge in [-0.1, -0.05) is 51.4 Å². The molecule has 9 atom stereocenters. The molecule has 28 N–H and O–H groups in total. The van der Waals surface area contributed by atoms with Gasteiger partial charge in [0, 0.05) is 0 Å². The van der Waals surface area contributed by atoms with Crippen molar-refractivity contribution in [3.63, 3.8) is 0 Å². The third-order valence-electron chi connectivity index (χ3n) is 14.8. The Hall–Kier alpha value is -4.97. The van der Waals surface area contributed by atoms with Gasteiger partial charge in [-0.15, -0.1) is 0 Å².